The van der Waals surface area contributed by atoms with Crippen LogP contribution in [0.25, 0.3) is 0 Å². The summed E-state index contributed by atoms with van der Waals surface area (Å²) in [5.41, 5.74) is 2.02. The van der Waals surface area contributed by atoms with Gasteiger partial charge in [-0.3, -0.25) is 9.59 Å². The predicted molar refractivity (Wildman–Crippen MR) is 80.4 cm³/mol. The van der Waals surface area contributed by atoms with Crippen LogP contribution in [-0.4, -0.2) is 29.6 Å². The first-order valence-corrected chi connectivity index (χ1v) is 7.00. The fourth-order valence-electron chi connectivity index (χ4n) is 1.90. The van der Waals surface area contributed by atoms with Crippen molar-refractivity contribution in [3.8, 4) is 5.75 Å². The van der Waals surface area contributed by atoms with Crippen LogP contribution in [0.3, 0.4) is 0 Å². The number of benzene rings is 1. The lowest BCUT2D eigenvalue weighted by molar-refractivity contribution is -0.138. The van der Waals surface area contributed by atoms with E-state index in [1.54, 1.807) is 0 Å². The largest absolute Gasteiger partial charge is 0.483 e. The number of aliphatic carboxylic acids is 1. The van der Waals surface area contributed by atoms with Gasteiger partial charge in [-0.15, -0.1) is 0 Å². The SMILES string of the molecule is Cc1ccc(C)c(OCC(=O)NC(CC(=O)O)C(C)C)c1. The molecule has 0 heterocycles. The molecular weight excluding hydrogens is 270 g/mol. The first-order valence-electron chi connectivity index (χ1n) is 7.00. The van der Waals surface area contributed by atoms with Crippen LogP contribution in [-0.2, 0) is 9.59 Å². The normalized spacial score (nSPS) is 12.0. The monoisotopic (exact) mass is 293 g/mol. The van der Waals surface area contributed by atoms with E-state index < -0.39 is 12.0 Å². The molecule has 21 heavy (non-hydrogen) atoms. The molecule has 0 aromatic heterocycles. The van der Waals surface area contributed by atoms with Crippen molar-refractivity contribution in [3.05, 3.63) is 29.3 Å². The van der Waals surface area contributed by atoms with Gasteiger partial charge in [0, 0.05) is 6.04 Å². The maximum atomic E-state index is 11.9. The van der Waals surface area contributed by atoms with E-state index in [9.17, 15) is 9.59 Å². The number of aryl methyl sites for hydroxylation is 2. The molecule has 0 aliphatic rings. The molecule has 0 aliphatic carbocycles. The van der Waals surface area contributed by atoms with Crippen LogP contribution in [0.1, 0.15) is 31.4 Å². The third-order valence-corrected chi connectivity index (χ3v) is 3.25. The number of nitrogens with one attached hydrogen (secondary N) is 1. The highest BCUT2D eigenvalue weighted by Crippen LogP contribution is 2.18. The number of ether oxygens (including phenoxy) is 1. The molecule has 5 heteroatoms. The Morgan fingerprint density at radius 3 is 2.52 bits per heavy atom. The molecule has 1 atom stereocenters. The highest BCUT2D eigenvalue weighted by molar-refractivity contribution is 5.78. The summed E-state index contributed by atoms with van der Waals surface area (Å²) in [4.78, 5) is 22.7. The number of rotatable bonds is 7. The molecule has 0 spiro atoms. The minimum Gasteiger partial charge on any atom is -0.483 e. The zero-order valence-electron chi connectivity index (χ0n) is 13.0. The minimum atomic E-state index is -0.926. The molecule has 0 bridgehead atoms. The molecule has 2 N–H and O–H groups in total. The van der Waals surface area contributed by atoms with Crippen molar-refractivity contribution in [2.75, 3.05) is 6.61 Å². The third-order valence-electron chi connectivity index (χ3n) is 3.25. The number of carboxylic acids is 1. The van der Waals surface area contributed by atoms with Gasteiger partial charge in [0.1, 0.15) is 5.75 Å². The molecule has 0 saturated heterocycles. The van der Waals surface area contributed by atoms with Gasteiger partial charge in [0.2, 0.25) is 0 Å². The topological polar surface area (TPSA) is 75.6 Å². The number of carbonyl (C=O) groups excluding carboxylic acids is 1. The van der Waals surface area contributed by atoms with E-state index in [1.165, 1.54) is 0 Å². The van der Waals surface area contributed by atoms with Crippen LogP contribution in [0.4, 0.5) is 0 Å². The van der Waals surface area contributed by atoms with Crippen LogP contribution in [0.15, 0.2) is 18.2 Å². The van der Waals surface area contributed by atoms with Crippen molar-refractivity contribution in [2.24, 2.45) is 5.92 Å². The van der Waals surface area contributed by atoms with Gasteiger partial charge in [-0.1, -0.05) is 26.0 Å². The summed E-state index contributed by atoms with van der Waals surface area (Å²) in [6.45, 7) is 7.49. The van der Waals surface area contributed by atoms with Crippen molar-refractivity contribution < 1.29 is 19.4 Å². The van der Waals surface area contributed by atoms with Gasteiger partial charge in [-0.05, 0) is 37.0 Å². The summed E-state index contributed by atoms with van der Waals surface area (Å²) >= 11 is 0. The smallest absolute Gasteiger partial charge is 0.305 e. The zero-order valence-corrected chi connectivity index (χ0v) is 13.0. The van der Waals surface area contributed by atoms with Crippen molar-refractivity contribution >= 4 is 11.9 Å². The van der Waals surface area contributed by atoms with E-state index in [1.807, 2.05) is 45.9 Å². The molecule has 0 saturated carbocycles. The molecule has 1 aromatic carbocycles. The zero-order chi connectivity index (χ0) is 16.0. The Labute approximate surface area is 125 Å². The van der Waals surface area contributed by atoms with Crippen LogP contribution in [0, 0.1) is 19.8 Å². The third kappa shape index (κ3) is 5.85. The van der Waals surface area contributed by atoms with Crippen LogP contribution in [0.5, 0.6) is 5.75 Å². The van der Waals surface area contributed by atoms with Gasteiger partial charge in [0.05, 0.1) is 6.42 Å². The van der Waals surface area contributed by atoms with Crippen molar-refractivity contribution in [3.63, 3.8) is 0 Å². The number of hydrogen-bond acceptors (Lipinski definition) is 3. The van der Waals surface area contributed by atoms with Crippen LogP contribution >= 0.6 is 0 Å². The van der Waals surface area contributed by atoms with E-state index in [0.717, 1.165) is 11.1 Å². The molecule has 1 unspecified atom stereocenters. The summed E-state index contributed by atoms with van der Waals surface area (Å²) in [6, 6.07) is 5.39. The van der Waals surface area contributed by atoms with Crippen molar-refractivity contribution in [2.45, 2.75) is 40.2 Å². The quantitative estimate of drug-likeness (QED) is 0.809. The lowest BCUT2D eigenvalue weighted by Gasteiger charge is -2.20. The number of amides is 1. The van der Waals surface area contributed by atoms with E-state index in [-0.39, 0.29) is 24.9 Å². The van der Waals surface area contributed by atoms with Gasteiger partial charge < -0.3 is 15.2 Å². The average Bonchev–Trinajstić information content (AvgIpc) is 2.38. The summed E-state index contributed by atoms with van der Waals surface area (Å²) in [5.74, 6) is -0.518. The molecule has 0 fully saturated rings. The highest BCUT2D eigenvalue weighted by Gasteiger charge is 2.19. The van der Waals surface area contributed by atoms with Crippen LogP contribution in [0.2, 0.25) is 0 Å². The van der Waals surface area contributed by atoms with E-state index in [4.69, 9.17) is 9.84 Å². The molecule has 1 rings (SSSR count). The number of hydrogen-bond donors (Lipinski definition) is 2. The Balaban J connectivity index is 2.56. The predicted octanol–water partition coefficient (Wildman–Crippen LogP) is 2.30. The van der Waals surface area contributed by atoms with Gasteiger partial charge >= 0.3 is 5.97 Å². The molecule has 116 valence electrons. The second kappa shape index (κ2) is 7.67. The Bertz CT molecular complexity index is 511. The lowest BCUT2D eigenvalue weighted by atomic mass is 10.0. The Kier molecular flexibility index (Phi) is 6.21. The Morgan fingerprint density at radius 2 is 1.95 bits per heavy atom. The fourth-order valence-corrected chi connectivity index (χ4v) is 1.90. The maximum Gasteiger partial charge on any atom is 0.305 e. The maximum absolute atomic E-state index is 11.9. The second-order valence-electron chi connectivity index (χ2n) is 5.57. The molecule has 5 nitrogen and oxygen atoms in total. The summed E-state index contributed by atoms with van der Waals surface area (Å²) in [5, 5.41) is 11.5. The second-order valence-corrected chi connectivity index (χ2v) is 5.57. The standard InChI is InChI=1S/C16H23NO4/c1-10(2)13(8-16(19)20)17-15(18)9-21-14-7-11(3)5-6-12(14)4/h5-7,10,13H,8-9H2,1-4H3,(H,17,18)(H,19,20). The first-order chi connectivity index (χ1) is 9.79. The van der Waals surface area contributed by atoms with E-state index in [2.05, 4.69) is 5.32 Å². The van der Waals surface area contributed by atoms with Crippen molar-refractivity contribution in [1.82, 2.24) is 5.32 Å². The average molecular weight is 293 g/mol. The van der Waals surface area contributed by atoms with E-state index in [0.29, 0.717) is 5.75 Å². The highest BCUT2D eigenvalue weighted by atomic mass is 16.5. The lowest BCUT2D eigenvalue weighted by Crippen LogP contribution is -2.42. The number of carbonyl (C=O) groups is 2. The van der Waals surface area contributed by atoms with Crippen LogP contribution < -0.4 is 10.1 Å². The first kappa shape index (κ1) is 17.0. The molecule has 1 amide bonds. The molecular formula is C16H23NO4. The summed E-state index contributed by atoms with van der Waals surface area (Å²) in [7, 11) is 0. The van der Waals surface area contributed by atoms with Crippen molar-refractivity contribution in [1.29, 1.82) is 0 Å². The van der Waals surface area contributed by atoms with Gasteiger partial charge in [0.15, 0.2) is 6.61 Å². The fraction of sp³-hybridized carbons (Fsp3) is 0.500. The van der Waals surface area contributed by atoms with Gasteiger partial charge in [-0.2, -0.15) is 0 Å². The number of carboxylic acid groups (broad SMARTS) is 1. The summed E-state index contributed by atoms with van der Waals surface area (Å²) in [6.07, 6.45) is -0.0904. The van der Waals surface area contributed by atoms with E-state index >= 15 is 0 Å². The molecule has 0 radical (unpaired) electrons. The van der Waals surface area contributed by atoms with Gasteiger partial charge in [0.25, 0.3) is 5.91 Å². The Morgan fingerprint density at radius 1 is 1.29 bits per heavy atom. The molecule has 0 aliphatic heterocycles. The summed E-state index contributed by atoms with van der Waals surface area (Å²) < 4.78 is 5.51. The molecule has 1 aromatic rings. The van der Waals surface area contributed by atoms with Gasteiger partial charge in [-0.25, -0.2) is 0 Å². The minimum absolute atomic E-state index is 0.0470. The Hall–Kier alpha value is -2.04.